The molecular formula is C17H24N6O2. The molecule has 1 amide bonds. The van der Waals surface area contributed by atoms with Crippen LogP contribution in [-0.2, 0) is 0 Å². The maximum absolute atomic E-state index is 12.8. The summed E-state index contributed by atoms with van der Waals surface area (Å²) in [5.41, 5.74) is 2.20. The number of nitrogens with zero attached hydrogens (tertiary/aromatic N) is 5. The van der Waals surface area contributed by atoms with Gasteiger partial charge in [0.05, 0.1) is 17.8 Å². The minimum atomic E-state index is -0.0790. The number of rotatable bonds is 4. The molecule has 0 bridgehead atoms. The smallest absolute Gasteiger partial charge is 0.257 e. The summed E-state index contributed by atoms with van der Waals surface area (Å²) in [7, 11) is 3.82. The molecule has 2 aromatic rings. The van der Waals surface area contributed by atoms with Crippen molar-refractivity contribution in [2.75, 3.05) is 32.1 Å². The number of hydrogen-bond acceptors (Lipinski definition) is 6. The zero-order valence-corrected chi connectivity index (χ0v) is 15.1. The molecule has 134 valence electrons. The number of carbonyl (C=O) groups excluding carboxylic acids is 1. The van der Waals surface area contributed by atoms with E-state index in [4.69, 9.17) is 4.74 Å². The number of nitrogens with one attached hydrogen (secondary N) is 1. The van der Waals surface area contributed by atoms with Crippen LogP contribution in [0.25, 0.3) is 0 Å². The summed E-state index contributed by atoms with van der Waals surface area (Å²) in [5, 5.41) is 15.2. The second-order valence-corrected chi connectivity index (χ2v) is 6.57. The molecule has 0 aliphatic carbocycles. The molecular weight excluding hydrogens is 320 g/mol. The van der Waals surface area contributed by atoms with E-state index < -0.39 is 0 Å². The van der Waals surface area contributed by atoms with Gasteiger partial charge in [0, 0.05) is 32.4 Å². The Morgan fingerprint density at radius 3 is 2.72 bits per heavy atom. The summed E-state index contributed by atoms with van der Waals surface area (Å²) in [4.78, 5) is 16.5. The first-order valence-electron chi connectivity index (χ1n) is 8.44. The molecule has 2 aromatic heterocycles. The van der Waals surface area contributed by atoms with Gasteiger partial charge in [0.2, 0.25) is 5.88 Å². The van der Waals surface area contributed by atoms with E-state index in [1.54, 1.807) is 0 Å². The lowest BCUT2D eigenvalue weighted by Gasteiger charge is -2.32. The van der Waals surface area contributed by atoms with Crippen LogP contribution in [0.2, 0.25) is 0 Å². The molecule has 1 fully saturated rings. The van der Waals surface area contributed by atoms with E-state index >= 15 is 0 Å². The third-order valence-corrected chi connectivity index (χ3v) is 4.38. The zero-order valence-electron chi connectivity index (χ0n) is 15.1. The molecule has 3 heterocycles. The van der Waals surface area contributed by atoms with Gasteiger partial charge < -0.3 is 14.5 Å². The van der Waals surface area contributed by atoms with Crippen LogP contribution in [0.5, 0.6) is 5.88 Å². The highest BCUT2D eigenvalue weighted by molar-refractivity contribution is 5.96. The number of carbonyl (C=O) groups is 1. The minimum Gasteiger partial charge on any atom is -0.471 e. The summed E-state index contributed by atoms with van der Waals surface area (Å²) < 4.78 is 5.94. The van der Waals surface area contributed by atoms with Gasteiger partial charge >= 0.3 is 0 Å². The van der Waals surface area contributed by atoms with Gasteiger partial charge in [0.25, 0.3) is 5.91 Å². The van der Waals surface area contributed by atoms with Gasteiger partial charge in [-0.25, -0.2) is 0 Å². The fourth-order valence-electron chi connectivity index (χ4n) is 3.03. The SMILES string of the molecule is Cc1n[nH]c(C)c1C(=O)N1CCCC(Oc2ccc(N(C)C)nn2)C1. The van der Waals surface area contributed by atoms with E-state index in [2.05, 4.69) is 20.4 Å². The van der Waals surface area contributed by atoms with Crippen LogP contribution >= 0.6 is 0 Å². The van der Waals surface area contributed by atoms with Gasteiger partial charge in [-0.05, 0) is 32.8 Å². The quantitative estimate of drug-likeness (QED) is 0.906. The molecule has 1 unspecified atom stereocenters. The van der Waals surface area contributed by atoms with Gasteiger partial charge in [0.1, 0.15) is 6.10 Å². The first-order valence-corrected chi connectivity index (χ1v) is 8.44. The van der Waals surface area contributed by atoms with Crippen molar-refractivity contribution in [3.8, 4) is 5.88 Å². The average Bonchev–Trinajstić information content (AvgIpc) is 2.93. The Morgan fingerprint density at radius 1 is 1.32 bits per heavy atom. The first-order chi connectivity index (χ1) is 12.0. The van der Waals surface area contributed by atoms with Crippen molar-refractivity contribution >= 4 is 11.7 Å². The van der Waals surface area contributed by atoms with Crippen molar-refractivity contribution in [2.45, 2.75) is 32.8 Å². The van der Waals surface area contributed by atoms with Gasteiger partial charge in [-0.3, -0.25) is 9.89 Å². The van der Waals surface area contributed by atoms with Crippen LogP contribution in [0.1, 0.15) is 34.6 Å². The fourth-order valence-corrected chi connectivity index (χ4v) is 3.03. The third-order valence-electron chi connectivity index (χ3n) is 4.38. The summed E-state index contributed by atoms with van der Waals surface area (Å²) in [5.74, 6) is 1.27. The molecule has 0 radical (unpaired) electrons. The fraction of sp³-hybridized carbons (Fsp3) is 0.529. The molecule has 1 saturated heterocycles. The minimum absolute atomic E-state index is 0.00564. The number of aromatic amines is 1. The Morgan fingerprint density at radius 2 is 2.12 bits per heavy atom. The predicted octanol–water partition coefficient (Wildman–Crippen LogP) is 1.57. The predicted molar refractivity (Wildman–Crippen MR) is 94.0 cm³/mol. The molecule has 25 heavy (non-hydrogen) atoms. The van der Waals surface area contributed by atoms with Crippen LogP contribution < -0.4 is 9.64 Å². The van der Waals surface area contributed by atoms with Crippen LogP contribution in [0.4, 0.5) is 5.82 Å². The summed E-state index contributed by atoms with van der Waals surface area (Å²) in [6.45, 7) is 4.98. The number of aromatic nitrogens is 4. The van der Waals surface area contributed by atoms with E-state index in [9.17, 15) is 4.79 Å². The molecule has 1 aliphatic rings. The topological polar surface area (TPSA) is 87.2 Å². The van der Waals surface area contributed by atoms with E-state index in [1.165, 1.54) is 0 Å². The number of H-pyrrole nitrogens is 1. The van der Waals surface area contributed by atoms with Gasteiger partial charge in [-0.2, -0.15) is 5.10 Å². The number of aryl methyl sites for hydroxylation is 2. The van der Waals surface area contributed by atoms with E-state index in [-0.39, 0.29) is 12.0 Å². The van der Waals surface area contributed by atoms with Crippen LogP contribution in [0.15, 0.2) is 12.1 Å². The van der Waals surface area contributed by atoms with Gasteiger partial charge in [-0.15, -0.1) is 10.2 Å². The normalized spacial score (nSPS) is 17.4. The van der Waals surface area contributed by atoms with E-state index in [1.807, 2.05) is 49.9 Å². The van der Waals surface area contributed by atoms with Crippen molar-refractivity contribution in [1.29, 1.82) is 0 Å². The Hall–Kier alpha value is -2.64. The Balaban J connectivity index is 1.66. The van der Waals surface area contributed by atoms with Crippen molar-refractivity contribution in [2.24, 2.45) is 0 Å². The molecule has 3 rings (SSSR count). The molecule has 0 spiro atoms. The van der Waals surface area contributed by atoms with Crippen LogP contribution in [-0.4, -0.2) is 64.5 Å². The second kappa shape index (κ2) is 7.08. The van der Waals surface area contributed by atoms with Gasteiger partial charge in [0.15, 0.2) is 5.82 Å². The molecule has 1 aliphatic heterocycles. The number of ether oxygens (including phenoxy) is 1. The molecule has 0 saturated carbocycles. The van der Waals surface area contributed by atoms with Crippen molar-refractivity contribution < 1.29 is 9.53 Å². The maximum Gasteiger partial charge on any atom is 0.257 e. The number of hydrogen-bond donors (Lipinski definition) is 1. The van der Waals surface area contributed by atoms with Crippen LogP contribution in [0.3, 0.4) is 0 Å². The van der Waals surface area contributed by atoms with Crippen molar-refractivity contribution in [3.05, 3.63) is 29.1 Å². The largest absolute Gasteiger partial charge is 0.471 e. The number of amides is 1. The molecule has 8 nitrogen and oxygen atoms in total. The van der Waals surface area contributed by atoms with Crippen molar-refractivity contribution in [3.63, 3.8) is 0 Å². The Kier molecular flexibility index (Phi) is 4.87. The lowest BCUT2D eigenvalue weighted by atomic mass is 10.1. The second-order valence-electron chi connectivity index (χ2n) is 6.57. The zero-order chi connectivity index (χ0) is 18.0. The lowest BCUT2D eigenvalue weighted by Crippen LogP contribution is -2.44. The summed E-state index contributed by atoms with van der Waals surface area (Å²) in [6, 6.07) is 3.68. The third kappa shape index (κ3) is 3.72. The maximum atomic E-state index is 12.8. The van der Waals surface area contributed by atoms with E-state index in [0.29, 0.717) is 18.0 Å². The monoisotopic (exact) mass is 344 g/mol. The Labute approximate surface area is 147 Å². The number of piperidine rings is 1. The number of likely N-dealkylation sites (tertiary alicyclic amines) is 1. The highest BCUT2D eigenvalue weighted by Crippen LogP contribution is 2.20. The highest BCUT2D eigenvalue weighted by atomic mass is 16.5. The standard InChI is InChI=1S/C17H24N6O2/c1-11-16(12(2)19-18-11)17(24)23-9-5-6-13(10-23)25-15-8-7-14(20-21-15)22(3)4/h7-8,13H,5-6,9-10H2,1-4H3,(H,18,19). The Bertz CT molecular complexity index is 721. The summed E-state index contributed by atoms with van der Waals surface area (Å²) >= 11 is 0. The molecule has 1 N–H and O–H groups in total. The average molecular weight is 344 g/mol. The molecule has 1 atom stereocenters. The van der Waals surface area contributed by atoms with Gasteiger partial charge in [-0.1, -0.05) is 0 Å². The van der Waals surface area contributed by atoms with Crippen molar-refractivity contribution in [1.82, 2.24) is 25.3 Å². The highest BCUT2D eigenvalue weighted by Gasteiger charge is 2.28. The first kappa shape index (κ1) is 17.2. The van der Waals surface area contributed by atoms with Crippen LogP contribution in [0, 0.1) is 13.8 Å². The molecule has 0 aromatic carbocycles. The number of anilines is 1. The molecule has 8 heteroatoms. The van der Waals surface area contributed by atoms with E-state index in [0.717, 1.165) is 36.6 Å². The lowest BCUT2D eigenvalue weighted by molar-refractivity contribution is 0.0524. The summed E-state index contributed by atoms with van der Waals surface area (Å²) in [6.07, 6.45) is 1.71.